The Morgan fingerprint density at radius 1 is 1.11 bits per heavy atom. The zero-order valence-corrected chi connectivity index (χ0v) is 9.07. The molecule has 0 saturated carbocycles. The number of hydrogen-bond donors (Lipinski definition) is 1. The van der Waals surface area contributed by atoms with Crippen molar-refractivity contribution >= 4 is 0 Å². The van der Waals surface area contributed by atoms with Crippen LogP contribution in [0.3, 0.4) is 0 Å². The van der Waals surface area contributed by atoms with Crippen molar-refractivity contribution in [2.75, 3.05) is 0 Å². The van der Waals surface area contributed by atoms with Crippen LogP contribution in [0.1, 0.15) is 41.5 Å². The van der Waals surface area contributed by atoms with Gasteiger partial charge in [-0.15, -0.1) is 0 Å². The first kappa shape index (κ1) is 12.6. The molecule has 0 atom stereocenters. The average molecular weight is 140 g/mol. The van der Waals surface area contributed by atoms with E-state index < -0.39 is 0 Å². The maximum absolute atomic E-state index is 9.44. The fourth-order valence-corrected chi connectivity index (χ4v) is 0.750. The molecule has 0 bridgehead atoms. The minimum Gasteiger partial charge on any atom is -1.00 e. The fraction of sp³-hybridized carbons (Fsp3) is 1.00. The van der Waals surface area contributed by atoms with E-state index in [1.807, 2.05) is 20.8 Å². The third-order valence-electron chi connectivity index (χ3n) is 1.97. The summed E-state index contributed by atoms with van der Waals surface area (Å²) in [4.78, 5) is 0. The Hall–Kier alpha value is 0.960. The molecular weight excluding hydrogens is 123 g/mol. The van der Waals surface area contributed by atoms with Crippen LogP contribution in [0.2, 0.25) is 0 Å². The molecule has 0 aromatic rings. The van der Waals surface area contributed by atoms with E-state index in [2.05, 4.69) is 0 Å². The van der Waals surface area contributed by atoms with Crippen LogP contribution >= 0.6 is 0 Å². The second-order valence-electron chi connectivity index (χ2n) is 2.29. The Labute approximate surface area is 81.6 Å². The summed E-state index contributed by atoms with van der Waals surface area (Å²) in [5.41, 5.74) is -0.375. The van der Waals surface area contributed by atoms with Crippen LogP contribution in [0.25, 0.3) is 0 Å². The molecule has 0 radical (unpaired) electrons. The van der Waals surface area contributed by atoms with Gasteiger partial charge in [0.2, 0.25) is 0 Å². The van der Waals surface area contributed by atoms with E-state index in [0.717, 1.165) is 19.3 Å². The van der Waals surface area contributed by atoms with Gasteiger partial charge in [-0.05, 0) is 19.3 Å². The van der Waals surface area contributed by atoms with Gasteiger partial charge < -0.3 is 6.53 Å². The summed E-state index contributed by atoms with van der Waals surface area (Å²) in [5.74, 6) is 0. The van der Waals surface area contributed by atoms with E-state index in [-0.39, 0.29) is 36.6 Å². The quantitative estimate of drug-likeness (QED) is 0.502. The largest absolute Gasteiger partial charge is 1.00 e. The number of rotatable bonds is 3. The van der Waals surface area contributed by atoms with Gasteiger partial charge in [0.25, 0.3) is 0 Å². The molecule has 0 aliphatic rings. The molecule has 0 aliphatic heterocycles. The third kappa shape index (κ3) is 4.38. The normalized spacial score (nSPS) is 10.7. The van der Waals surface area contributed by atoms with Crippen molar-refractivity contribution in [3.63, 3.8) is 0 Å². The molecule has 1 nitrogen and oxygen atoms in total. The van der Waals surface area contributed by atoms with Crippen molar-refractivity contribution in [2.45, 2.75) is 45.6 Å². The van der Waals surface area contributed by atoms with Crippen molar-refractivity contribution in [3.05, 3.63) is 0 Å². The minimum atomic E-state index is -0.375. The average Bonchev–Trinajstić information content (AvgIpc) is 1.87. The SMILES string of the molecule is CCC(O)(CC)CC.[H-].[Na+]. The molecule has 0 saturated heterocycles. The Morgan fingerprint density at radius 2 is 1.33 bits per heavy atom. The summed E-state index contributed by atoms with van der Waals surface area (Å²) in [6, 6.07) is 0. The van der Waals surface area contributed by atoms with Gasteiger partial charge in [0, 0.05) is 0 Å². The summed E-state index contributed by atoms with van der Waals surface area (Å²) in [7, 11) is 0. The monoisotopic (exact) mass is 140 g/mol. The van der Waals surface area contributed by atoms with Crippen LogP contribution in [0, 0.1) is 0 Å². The van der Waals surface area contributed by atoms with Crippen LogP contribution in [-0.4, -0.2) is 10.7 Å². The summed E-state index contributed by atoms with van der Waals surface area (Å²) in [5, 5.41) is 9.44. The molecule has 0 unspecified atom stereocenters. The predicted octanol–water partition coefficient (Wildman–Crippen LogP) is -0.936. The Kier molecular flexibility index (Phi) is 8.02. The van der Waals surface area contributed by atoms with E-state index in [9.17, 15) is 5.11 Å². The fourth-order valence-electron chi connectivity index (χ4n) is 0.750. The van der Waals surface area contributed by atoms with E-state index in [4.69, 9.17) is 0 Å². The maximum Gasteiger partial charge on any atom is 1.00 e. The molecule has 0 aromatic carbocycles. The van der Waals surface area contributed by atoms with Crippen LogP contribution in [0.4, 0.5) is 0 Å². The van der Waals surface area contributed by atoms with Gasteiger partial charge in [-0.25, -0.2) is 0 Å². The molecule has 2 heteroatoms. The van der Waals surface area contributed by atoms with Gasteiger partial charge in [-0.3, -0.25) is 0 Å². The molecule has 52 valence electrons. The van der Waals surface area contributed by atoms with E-state index in [1.54, 1.807) is 0 Å². The summed E-state index contributed by atoms with van der Waals surface area (Å²) >= 11 is 0. The van der Waals surface area contributed by atoms with E-state index in [1.165, 1.54) is 0 Å². The molecule has 0 aromatic heterocycles. The Bertz CT molecular complexity index is 56.4. The molecule has 0 amide bonds. The van der Waals surface area contributed by atoms with Gasteiger partial charge in [0.05, 0.1) is 5.60 Å². The zero-order chi connectivity index (χ0) is 6.62. The Balaban J connectivity index is -0.000000245. The van der Waals surface area contributed by atoms with Crippen molar-refractivity contribution in [1.29, 1.82) is 0 Å². The third-order valence-corrected chi connectivity index (χ3v) is 1.97. The van der Waals surface area contributed by atoms with E-state index in [0.29, 0.717) is 0 Å². The second-order valence-corrected chi connectivity index (χ2v) is 2.29. The first-order valence-electron chi connectivity index (χ1n) is 3.41. The summed E-state index contributed by atoms with van der Waals surface area (Å²) in [6.45, 7) is 6.06. The number of aliphatic hydroxyl groups is 1. The van der Waals surface area contributed by atoms with Crippen LogP contribution < -0.4 is 29.6 Å². The van der Waals surface area contributed by atoms with Crippen molar-refractivity contribution < 1.29 is 36.1 Å². The predicted molar refractivity (Wildman–Crippen MR) is 36.9 cm³/mol. The molecule has 0 spiro atoms. The first-order chi connectivity index (χ1) is 3.68. The number of hydrogen-bond acceptors (Lipinski definition) is 1. The molecule has 0 heterocycles. The molecular formula is C7H17NaO. The van der Waals surface area contributed by atoms with Crippen molar-refractivity contribution in [3.8, 4) is 0 Å². The zero-order valence-electron chi connectivity index (χ0n) is 8.07. The van der Waals surface area contributed by atoms with Crippen molar-refractivity contribution in [1.82, 2.24) is 0 Å². The summed E-state index contributed by atoms with van der Waals surface area (Å²) < 4.78 is 0. The first-order valence-corrected chi connectivity index (χ1v) is 3.41. The second kappa shape index (κ2) is 5.72. The maximum atomic E-state index is 9.44. The minimum absolute atomic E-state index is 0. The van der Waals surface area contributed by atoms with Crippen LogP contribution in [0.15, 0.2) is 0 Å². The van der Waals surface area contributed by atoms with Gasteiger partial charge >= 0.3 is 29.6 Å². The van der Waals surface area contributed by atoms with Crippen LogP contribution in [0.5, 0.6) is 0 Å². The van der Waals surface area contributed by atoms with Crippen LogP contribution in [-0.2, 0) is 0 Å². The van der Waals surface area contributed by atoms with Gasteiger partial charge in [-0.2, -0.15) is 0 Å². The molecule has 1 N–H and O–H groups in total. The standard InChI is InChI=1S/C7H16O.Na.H/c1-4-7(8,5-2)6-3;;/h8H,4-6H2,1-3H3;;/q;+1;-1. The molecule has 0 rings (SSSR count). The van der Waals surface area contributed by atoms with E-state index >= 15 is 0 Å². The topological polar surface area (TPSA) is 20.2 Å². The van der Waals surface area contributed by atoms with Gasteiger partial charge in [0.15, 0.2) is 0 Å². The molecule has 0 aliphatic carbocycles. The molecule has 9 heavy (non-hydrogen) atoms. The van der Waals surface area contributed by atoms with Gasteiger partial charge in [0.1, 0.15) is 0 Å². The smallest absolute Gasteiger partial charge is 1.00 e. The molecule has 0 fully saturated rings. The van der Waals surface area contributed by atoms with Crippen molar-refractivity contribution in [2.24, 2.45) is 0 Å². The summed E-state index contributed by atoms with van der Waals surface area (Å²) in [6.07, 6.45) is 2.62. The Morgan fingerprint density at radius 3 is 1.33 bits per heavy atom. The van der Waals surface area contributed by atoms with Gasteiger partial charge in [-0.1, -0.05) is 20.8 Å².